The van der Waals surface area contributed by atoms with Crippen LogP contribution in [0.15, 0.2) is 18.2 Å². The molecule has 20 heavy (non-hydrogen) atoms. The number of ether oxygens (including phenoxy) is 3. The van der Waals surface area contributed by atoms with Crippen molar-refractivity contribution in [1.82, 2.24) is 5.32 Å². The Morgan fingerprint density at radius 2 is 2.05 bits per heavy atom. The maximum atomic E-state index is 11.6. The smallest absolute Gasteiger partial charge is 0.313 e. The summed E-state index contributed by atoms with van der Waals surface area (Å²) >= 11 is 0. The minimum atomic E-state index is -0.721. The number of benzene rings is 1. The Morgan fingerprint density at radius 1 is 1.25 bits per heavy atom. The third-order valence-corrected chi connectivity index (χ3v) is 2.65. The number of carbonyl (C=O) groups excluding carboxylic acids is 2. The highest BCUT2D eigenvalue weighted by Gasteiger charge is 2.16. The van der Waals surface area contributed by atoms with E-state index in [2.05, 4.69) is 10.6 Å². The van der Waals surface area contributed by atoms with Gasteiger partial charge in [0.2, 0.25) is 6.79 Å². The molecule has 1 aromatic rings. The van der Waals surface area contributed by atoms with Gasteiger partial charge < -0.3 is 24.8 Å². The van der Waals surface area contributed by atoms with Gasteiger partial charge in [-0.1, -0.05) is 0 Å². The van der Waals surface area contributed by atoms with E-state index in [1.54, 1.807) is 25.3 Å². The summed E-state index contributed by atoms with van der Waals surface area (Å²) in [7, 11) is 1.58. The molecule has 7 heteroatoms. The molecule has 0 aromatic heterocycles. The fraction of sp³-hybridized carbons (Fsp3) is 0.385. The lowest BCUT2D eigenvalue weighted by molar-refractivity contribution is -0.136. The first-order chi connectivity index (χ1) is 9.70. The number of hydrogen-bond donors (Lipinski definition) is 2. The fourth-order valence-electron chi connectivity index (χ4n) is 1.66. The van der Waals surface area contributed by atoms with Crippen molar-refractivity contribution in [3.05, 3.63) is 18.2 Å². The van der Waals surface area contributed by atoms with Crippen molar-refractivity contribution in [1.29, 1.82) is 0 Å². The highest BCUT2D eigenvalue weighted by molar-refractivity contribution is 6.39. The molecule has 1 aliphatic rings. The van der Waals surface area contributed by atoms with Crippen LogP contribution in [-0.2, 0) is 14.3 Å². The lowest BCUT2D eigenvalue weighted by Gasteiger charge is -2.07. The standard InChI is InChI=1S/C13H16N2O5/c1-18-6-2-5-14-12(16)13(17)15-9-3-4-10-11(7-9)20-8-19-10/h3-4,7H,2,5-6,8H2,1H3,(H,14,16)(H,15,17). The molecule has 1 aliphatic heterocycles. The van der Waals surface area contributed by atoms with Gasteiger partial charge in [-0.2, -0.15) is 0 Å². The second-order valence-corrected chi connectivity index (χ2v) is 4.12. The van der Waals surface area contributed by atoms with E-state index >= 15 is 0 Å². The maximum absolute atomic E-state index is 11.6. The number of nitrogens with one attached hydrogen (secondary N) is 2. The van der Waals surface area contributed by atoms with Crippen LogP contribution in [0.25, 0.3) is 0 Å². The van der Waals surface area contributed by atoms with Crippen molar-refractivity contribution < 1.29 is 23.8 Å². The minimum Gasteiger partial charge on any atom is -0.454 e. The summed E-state index contributed by atoms with van der Waals surface area (Å²) in [5, 5.41) is 5.00. The van der Waals surface area contributed by atoms with Gasteiger partial charge in [-0.05, 0) is 18.6 Å². The normalized spacial score (nSPS) is 12.1. The summed E-state index contributed by atoms with van der Waals surface area (Å²) in [5.41, 5.74) is 0.478. The van der Waals surface area contributed by atoms with Crippen LogP contribution >= 0.6 is 0 Å². The molecule has 0 fully saturated rings. The molecule has 1 aromatic carbocycles. The van der Waals surface area contributed by atoms with Crippen LogP contribution in [0.3, 0.4) is 0 Å². The molecular weight excluding hydrogens is 264 g/mol. The van der Waals surface area contributed by atoms with Gasteiger partial charge in [-0.3, -0.25) is 9.59 Å². The molecule has 0 bridgehead atoms. The number of rotatable bonds is 5. The zero-order valence-electron chi connectivity index (χ0n) is 11.1. The predicted octanol–water partition coefficient (Wildman–Crippen LogP) is 0.507. The van der Waals surface area contributed by atoms with E-state index < -0.39 is 11.8 Å². The monoisotopic (exact) mass is 280 g/mol. The third-order valence-electron chi connectivity index (χ3n) is 2.65. The van der Waals surface area contributed by atoms with Crippen molar-refractivity contribution >= 4 is 17.5 Å². The predicted molar refractivity (Wildman–Crippen MR) is 70.7 cm³/mol. The number of carbonyl (C=O) groups is 2. The van der Waals surface area contributed by atoms with Crippen LogP contribution in [0.4, 0.5) is 5.69 Å². The number of fused-ring (bicyclic) bond motifs is 1. The highest BCUT2D eigenvalue weighted by atomic mass is 16.7. The van der Waals surface area contributed by atoms with Gasteiger partial charge in [-0.25, -0.2) is 0 Å². The molecule has 2 rings (SSSR count). The van der Waals surface area contributed by atoms with E-state index in [-0.39, 0.29) is 6.79 Å². The SMILES string of the molecule is COCCCNC(=O)C(=O)Nc1ccc2c(c1)OCO2. The van der Waals surface area contributed by atoms with Gasteiger partial charge in [0.15, 0.2) is 11.5 Å². The molecule has 0 spiro atoms. The molecule has 0 unspecified atom stereocenters. The first kappa shape index (κ1) is 14.1. The first-order valence-electron chi connectivity index (χ1n) is 6.18. The fourth-order valence-corrected chi connectivity index (χ4v) is 1.66. The number of anilines is 1. The van der Waals surface area contributed by atoms with E-state index in [0.717, 1.165) is 0 Å². The van der Waals surface area contributed by atoms with Crippen molar-refractivity contribution in [2.75, 3.05) is 32.4 Å². The van der Waals surface area contributed by atoms with E-state index in [1.165, 1.54) is 0 Å². The van der Waals surface area contributed by atoms with Crippen LogP contribution in [-0.4, -0.2) is 38.9 Å². The van der Waals surface area contributed by atoms with Crippen molar-refractivity contribution in [3.63, 3.8) is 0 Å². The molecule has 1 heterocycles. The molecule has 0 radical (unpaired) electrons. The lowest BCUT2D eigenvalue weighted by atomic mass is 10.2. The van der Waals surface area contributed by atoms with Crippen LogP contribution in [0, 0.1) is 0 Å². The maximum Gasteiger partial charge on any atom is 0.313 e. The Morgan fingerprint density at radius 3 is 2.85 bits per heavy atom. The van der Waals surface area contributed by atoms with Gasteiger partial charge >= 0.3 is 11.8 Å². The molecule has 2 N–H and O–H groups in total. The summed E-state index contributed by atoms with van der Waals surface area (Å²) in [5.74, 6) is -0.240. The topological polar surface area (TPSA) is 85.9 Å². The lowest BCUT2D eigenvalue weighted by Crippen LogP contribution is -2.36. The summed E-state index contributed by atoms with van der Waals surface area (Å²) in [6.45, 7) is 1.08. The summed E-state index contributed by atoms with van der Waals surface area (Å²) < 4.78 is 15.2. The molecule has 0 saturated carbocycles. The van der Waals surface area contributed by atoms with Crippen LogP contribution in [0.2, 0.25) is 0 Å². The largest absolute Gasteiger partial charge is 0.454 e. The third kappa shape index (κ3) is 3.61. The average Bonchev–Trinajstić information content (AvgIpc) is 2.90. The summed E-state index contributed by atoms with van der Waals surface area (Å²) in [6, 6.07) is 4.93. The van der Waals surface area contributed by atoms with E-state index in [0.29, 0.717) is 36.8 Å². The molecule has 0 aliphatic carbocycles. The van der Waals surface area contributed by atoms with Crippen LogP contribution in [0.1, 0.15) is 6.42 Å². The van der Waals surface area contributed by atoms with E-state index in [9.17, 15) is 9.59 Å². The molecule has 0 saturated heterocycles. The van der Waals surface area contributed by atoms with Crippen LogP contribution in [0.5, 0.6) is 11.5 Å². The van der Waals surface area contributed by atoms with Gasteiger partial charge in [0, 0.05) is 32.0 Å². The van der Waals surface area contributed by atoms with Crippen molar-refractivity contribution in [2.45, 2.75) is 6.42 Å². The Balaban J connectivity index is 1.83. The summed E-state index contributed by atoms with van der Waals surface area (Å²) in [6.07, 6.45) is 0.652. The number of methoxy groups -OCH3 is 1. The zero-order chi connectivity index (χ0) is 14.4. The minimum absolute atomic E-state index is 0.159. The van der Waals surface area contributed by atoms with Gasteiger partial charge in [0.1, 0.15) is 0 Å². The van der Waals surface area contributed by atoms with E-state index in [1.807, 2.05) is 0 Å². The number of amides is 2. The Bertz CT molecular complexity index is 504. The molecule has 2 amide bonds. The van der Waals surface area contributed by atoms with Crippen molar-refractivity contribution in [2.24, 2.45) is 0 Å². The number of hydrogen-bond acceptors (Lipinski definition) is 5. The highest BCUT2D eigenvalue weighted by Crippen LogP contribution is 2.34. The van der Waals surface area contributed by atoms with Crippen LogP contribution < -0.4 is 20.1 Å². The zero-order valence-corrected chi connectivity index (χ0v) is 11.1. The second-order valence-electron chi connectivity index (χ2n) is 4.12. The molecule has 7 nitrogen and oxygen atoms in total. The Labute approximate surface area is 116 Å². The molecule has 0 atom stereocenters. The molecular formula is C13H16N2O5. The van der Waals surface area contributed by atoms with Gasteiger partial charge in [0.25, 0.3) is 0 Å². The van der Waals surface area contributed by atoms with Gasteiger partial charge in [-0.15, -0.1) is 0 Å². The van der Waals surface area contributed by atoms with E-state index in [4.69, 9.17) is 14.2 Å². The molecule has 108 valence electrons. The van der Waals surface area contributed by atoms with Crippen molar-refractivity contribution in [3.8, 4) is 11.5 Å². The average molecular weight is 280 g/mol. The Kier molecular flexibility index (Phi) is 4.78. The summed E-state index contributed by atoms with van der Waals surface area (Å²) in [4.78, 5) is 23.2. The second kappa shape index (κ2) is 6.76. The Hall–Kier alpha value is -2.28. The first-order valence-corrected chi connectivity index (χ1v) is 6.18. The van der Waals surface area contributed by atoms with Gasteiger partial charge in [0.05, 0.1) is 0 Å². The quantitative estimate of drug-likeness (QED) is 0.606.